The average Bonchev–Trinajstić information content (AvgIpc) is 2.70. The zero-order valence-corrected chi connectivity index (χ0v) is 12.0. The predicted molar refractivity (Wildman–Crippen MR) is 73.3 cm³/mol. The number of halogens is 2. The van der Waals surface area contributed by atoms with Crippen molar-refractivity contribution in [2.45, 2.75) is 25.7 Å². The molecule has 5 nitrogen and oxygen atoms in total. The molecular weight excluding hydrogens is 287 g/mol. The van der Waals surface area contributed by atoms with Crippen molar-refractivity contribution in [2.24, 2.45) is 0 Å². The lowest BCUT2D eigenvalue weighted by atomic mass is 10.3. The molecule has 0 aromatic heterocycles. The zero-order chi connectivity index (χ0) is 14.8. The number of hydrogen-bond acceptors (Lipinski definition) is 3. The van der Waals surface area contributed by atoms with Gasteiger partial charge in [-0.3, -0.25) is 0 Å². The summed E-state index contributed by atoms with van der Waals surface area (Å²) >= 11 is 5.81. The molecule has 0 radical (unpaired) electrons. The van der Waals surface area contributed by atoms with Gasteiger partial charge in [-0.25, -0.2) is 9.18 Å². The molecule has 110 valence electrons. The van der Waals surface area contributed by atoms with Crippen molar-refractivity contribution in [3.8, 4) is 0 Å². The van der Waals surface area contributed by atoms with E-state index in [0.717, 1.165) is 6.07 Å². The number of hydrogen-bond donors (Lipinski definition) is 2. The number of carbonyl (C=O) groups is 1. The summed E-state index contributed by atoms with van der Waals surface area (Å²) in [5.74, 6) is -1.08. The van der Waals surface area contributed by atoms with Crippen molar-refractivity contribution < 1.29 is 18.7 Å². The van der Waals surface area contributed by atoms with Crippen molar-refractivity contribution >= 4 is 23.3 Å². The highest BCUT2D eigenvalue weighted by atomic mass is 35.5. The van der Waals surface area contributed by atoms with Crippen LogP contribution in [0.5, 0.6) is 0 Å². The predicted octanol–water partition coefficient (Wildman–Crippen LogP) is 2.75. The van der Waals surface area contributed by atoms with Crippen LogP contribution in [-0.2, 0) is 9.47 Å². The van der Waals surface area contributed by atoms with Gasteiger partial charge in [0.15, 0.2) is 5.79 Å². The van der Waals surface area contributed by atoms with E-state index in [1.54, 1.807) is 0 Å². The molecule has 1 aromatic carbocycles. The molecule has 1 atom stereocenters. The second-order valence-electron chi connectivity index (χ2n) is 4.91. The summed E-state index contributed by atoms with van der Waals surface area (Å²) < 4.78 is 23.8. The van der Waals surface area contributed by atoms with Crippen LogP contribution in [0.25, 0.3) is 0 Å². The van der Waals surface area contributed by atoms with Gasteiger partial charge in [-0.2, -0.15) is 0 Å². The van der Waals surface area contributed by atoms with Gasteiger partial charge in [0.05, 0.1) is 17.3 Å². The first-order chi connectivity index (χ1) is 9.35. The average molecular weight is 303 g/mol. The molecule has 1 unspecified atom stereocenters. The quantitative estimate of drug-likeness (QED) is 0.902. The number of amides is 2. The molecule has 0 aliphatic carbocycles. The van der Waals surface area contributed by atoms with Gasteiger partial charge in [0.1, 0.15) is 11.9 Å². The van der Waals surface area contributed by atoms with Gasteiger partial charge in [-0.05, 0) is 32.0 Å². The molecule has 1 aromatic rings. The van der Waals surface area contributed by atoms with Gasteiger partial charge in [0, 0.05) is 6.54 Å². The summed E-state index contributed by atoms with van der Waals surface area (Å²) in [5, 5.41) is 5.32. The second-order valence-corrected chi connectivity index (χ2v) is 5.32. The minimum atomic E-state index is -0.622. The first kappa shape index (κ1) is 15.0. The Labute approximate surface area is 121 Å². The summed E-state index contributed by atoms with van der Waals surface area (Å²) in [7, 11) is 0. The Balaban J connectivity index is 1.81. The van der Waals surface area contributed by atoms with Gasteiger partial charge < -0.3 is 20.1 Å². The Morgan fingerprint density at radius 2 is 2.30 bits per heavy atom. The third kappa shape index (κ3) is 4.06. The summed E-state index contributed by atoms with van der Waals surface area (Å²) in [6.07, 6.45) is -0.195. The number of benzene rings is 1. The van der Waals surface area contributed by atoms with Crippen molar-refractivity contribution in [1.29, 1.82) is 0 Å². The molecule has 1 aliphatic heterocycles. The highest BCUT2D eigenvalue weighted by molar-refractivity contribution is 6.33. The van der Waals surface area contributed by atoms with E-state index in [9.17, 15) is 9.18 Å². The third-order valence-corrected chi connectivity index (χ3v) is 3.05. The van der Waals surface area contributed by atoms with Gasteiger partial charge in [-0.15, -0.1) is 0 Å². The third-order valence-electron chi connectivity index (χ3n) is 2.74. The number of rotatable bonds is 3. The van der Waals surface area contributed by atoms with E-state index in [2.05, 4.69) is 10.6 Å². The van der Waals surface area contributed by atoms with E-state index in [1.165, 1.54) is 12.1 Å². The normalized spacial score (nSPS) is 20.7. The summed E-state index contributed by atoms with van der Waals surface area (Å²) in [4.78, 5) is 11.7. The number of ether oxygens (including phenoxy) is 2. The van der Waals surface area contributed by atoms with Crippen LogP contribution < -0.4 is 10.6 Å². The van der Waals surface area contributed by atoms with Crippen molar-refractivity contribution in [1.82, 2.24) is 5.32 Å². The highest BCUT2D eigenvalue weighted by Gasteiger charge is 2.32. The summed E-state index contributed by atoms with van der Waals surface area (Å²) in [6, 6.07) is 3.31. The number of carbonyl (C=O) groups excluding carboxylic acids is 1. The van der Waals surface area contributed by atoms with E-state index in [0.29, 0.717) is 18.8 Å². The van der Waals surface area contributed by atoms with Gasteiger partial charge in [-0.1, -0.05) is 11.6 Å². The Kier molecular flexibility index (Phi) is 4.47. The van der Waals surface area contributed by atoms with Crippen LogP contribution in [0.15, 0.2) is 18.2 Å². The molecule has 2 N–H and O–H groups in total. The SMILES string of the molecule is CC1(C)OCC(CNC(=O)Nc2ccc(F)cc2Cl)O1. The first-order valence-corrected chi connectivity index (χ1v) is 6.55. The highest BCUT2D eigenvalue weighted by Crippen LogP contribution is 2.23. The lowest BCUT2D eigenvalue weighted by molar-refractivity contribution is -0.137. The maximum Gasteiger partial charge on any atom is 0.319 e. The van der Waals surface area contributed by atoms with Gasteiger partial charge in [0.25, 0.3) is 0 Å². The number of urea groups is 1. The molecular formula is C13H16ClFN2O3. The Hall–Kier alpha value is -1.37. The molecule has 0 spiro atoms. The molecule has 2 rings (SSSR count). The monoisotopic (exact) mass is 302 g/mol. The molecule has 1 heterocycles. The molecule has 0 saturated carbocycles. The lowest BCUT2D eigenvalue weighted by Crippen LogP contribution is -2.37. The van der Waals surface area contributed by atoms with E-state index >= 15 is 0 Å². The topological polar surface area (TPSA) is 59.6 Å². The Morgan fingerprint density at radius 1 is 1.55 bits per heavy atom. The van der Waals surface area contributed by atoms with Crippen LogP contribution in [0.3, 0.4) is 0 Å². The molecule has 20 heavy (non-hydrogen) atoms. The fourth-order valence-electron chi connectivity index (χ4n) is 1.83. The van der Waals surface area contributed by atoms with Crippen molar-refractivity contribution in [3.05, 3.63) is 29.0 Å². The molecule has 0 bridgehead atoms. The van der Waals surface area contributed by atoms with Gasteiger partial charge >= 0.3 is 6.03 Å². The van der Waals surface area contributed by atoms with Crippen LogP contribution in [0.1, 0.15) is 13.8 Å². The molecule has 1 aliphatic rings. The van der Waals surface area contributed by atoms with Crippen LogP contribution in [0.2, 0.25) is 5.02 Å². The standard InChI is InChI=1S/C13H16ClFN2O3/c1-13(2)19-7-9(20-13)6-16-12(18)17-11-4-3-8(15)5-10(11)14/h3-5,9H,6-7H2,1-2H3,(H2,16,17,18). The van der Waals surface area contributed by atoms with Crippen LogP contribution in [-0.4, -0.2) is 31.1 Å². The number of nitrogens with one attached hydrogen (secondary N) is 2. The molecule has 1 saturated heterocycles. The van der Waals surface area contributed by atoms with Crippen LogP contribution in [0.4, 0.5) is 14.9 Å². The van der Waals surface area contributed by atoms with E-state index in [-0.39, 0.29) is 11.1 Å². The Bertz CT molecular complexity index is 510. The van der Waals surface area contributed by atoms with Crippen LogP contribution >= 0.6 is 11.6 Å². The smallest absolute Gasteiger partial charge is 0.319 e. The Morgan fingerprint density at radius 3 is 2.90 bits per heavy atom. The molecule has 2 amide bonds. The lowest BCUT2D eigenvalue weighted by Gasteiger charge is -2.17. The van der Waals surface area contributed by atoms with E-state index < -0.39 is 17.6 Å². The molecule has 1 fully saturated rings. The maximum atomic E-state index is 12.9. The summed E-state index contributed by atoms with van der Waals surface area (Å²) in [5.41, 5.74) is 0.342. The maximum absolute atomic E-state index is 12.9. The minimum Gasteiger partial charge on any atom is -0.348 e. The van der Waals surface area contributed by atoms with E-state index in [1.807, 2.05) is 13.8 Å². The van der Waals surface area contributed by atoms with Crippen molar-refractivity contribution in [3.63, 3.8) is 0 Å². The van der Waals surface area contributed by atoms with E-state index in [4.69, 9.17) is 21.1 Å². The second kappa shape index (κ2) is 5.95. The first-order valence-electron chi connectivity index (χ1n) is 6.17. The molecule has 7 heteroatoms. The zero-order valence-electron chi connectivity index (χ0n) is 11.2. The minimum absolute atomic E-state index is 0.140. The van der Waals surface area contributed by atoms with Gasteiger partial charge in [0.2, 0.25) is 0 Å². The fourth-order valence-corrected chi connectivity index (χ4v) is 2.04. The van der Waals surface area contributed by atoms with Crippen molar-refractivity contribution in [2.75, 3.05) is 18.5 Å². The van der Waals surface area contributed by atoms with Crippen LogP contribution in [0, 0.1) is 5.82 Å². The fraction of sp³-hybridized carbons (Fsp3) is 0.462. The number of anilines is 1. The summed E-state index contributed by atoms with van der Waals surface area (Å²) in [6.45, 7) is 4.36. The largest absolute Gasteiger partial charge is 0.348 e.